The molecule has 1 saturated heterocycles. The van der Waals surface area contributed by atoms with Crippen molar-refractivity contribution >= 4 is 5.91 Å². The van der Waals surface area contributed by atoms with Crippen molar-refractivity contribution < 1.29 is 9.53 Å². The van der Waals surface area contributed by atoms with Crippen LogP contribution in [0.5, 0.6) is 5.75 Å². The summed E-state index contributed by atoms with van der Waals surface area (Å²) in [7, 11) is 0. The van der Waals surface area contributed by atoms with Crippen LogP contribution in [0.3, 0.4) is 0 Å². The third kappa shape index (κ3) is 3.62. The number of rotatable bonds is 4. The SMILES string of the molecule is O=C([C@@H]1Cc2ccccc2O1)N1CCC(c2nccn2Cc2ccccn2)CC1. The summed E-state index contributed by atoms with van der Waals surface area (Å²) < 4.78 is 8.07. The van der Waals surface area contributed by atoms with E-state index < -0.39 is 0 Å². The number of fused-ring (bicyclic) bond motifs is 1. The molecule has 1 fully saturated rings. The lowest BCUT2D eigenvalue weighted by Gasteiger charge is -2.33. The van der Waals surface area contributed by atoms with E-state index in [0.717, 1.165) is 55.3 Å². The molecule has 6 heteroatoms. The topological polar surface area (TPSA) is 60.2 Å². The largest absolute Gasteiger partial charge is 0.480 e. The highest BCUT2D eigenvalue weighted by molar-refractivity contribution is 5.82. The van der Waals surface area contributed by atoms with Crippen molar-refractivity contribution in [3.8, 4) is 5.75 Å². The maximum atomic E-state index is 12.9. The van der Waals surface area contributed by atoms with Gasteiger partial charge in [-0.05, 0) is 36.6 Å². The zero-order valence-corrected chi connectivity index (χ0v) is 16.3. The lowest BCUT2D eigenvalue weighted by atomic mass is 9.95. The zero-order chi connectivity index (χ0) is 19.6. The summed E-state index contributed by atoms with van der Waals surface area (Å²) in [5.74, 6) is 2.40. The summed E-state index contributed by atoms with van der Waals surface area (Å²) in [4.78, 5) is 23.9. The molecule has 0 aliphatic carbocycles. The molecule has 0 spiro atoms. The predicted octanol–water partition coefficient (Wildman–Crippen LogP) is 3.04. The normalized spacial score (nSPS) is 19.0. The number of benzene rings is 1. The van der Waals surface area contributed by atoms with Gasteiger partial charge in [0.05, 0.1) is 12.2 Å². The number of pyridine rings is 1. The Morgan fingerprint density at radius 3 is 2.66 bits per heavy atom. The Hall–Kier alpha value is -3.15. The molecular formula is C23H24N4O2. The number of aromatic nitrogens is 3. The van der Waals surface area contributed by atoms with Crippen LogP contribution in [0.2, 0.25) is 0 Å². The number of imidazole rings is 1. The van der Waals surface area contributed by atoms with Gasteiger partial charge >= 0.3 is 0 Å². The highest BCUT2D eigenvalue weighted by atomic mass is 16.5. The molecule has 2 aromatic heterocycles. The third-order valence-electron chi connectivity index (χ3n) is 5.90. The minimum atomic E-state index is -0.380. The fourth-order valence-corrected chi connectivity index (χ4v) is 4.36. The lowest BCUT2D eigenvalue weighted by molar-refractivity contribution is -0.139. The van der Waals surface area contributed by atoms with Crippen LogP contribution in [0.1, 0.15) is 35.8 Å². The number of amides is 1. The van der Waals surface area contributed by atoms with Gasteiger partial charge in [-0.3, -0.25) is 9.78 Å². The van der Waals surface area contributed by atoms with Gasteiger partial charge in [0.25, 0.3) is 5.91 Å². The first-order valence-electron chi connectivity index (χ1n) is 10.2. The van der Waals surface area contributed by atoms with Gasteiger partial charge in [0.15, 0.2) is 6.10 Å². The van der Waals surface area contributed by atoms with Crippen LogP contribution < -0.4 is 4.74 Å². The molecule has 0 N–H and O–H groups in total. The van der Waals surface area contributed by atoms with E-state index in [0.29, 0.717) is 12.3 Å². The Labute approximate surface area is 170 Å². The number of hydrogen-bond donors (Lipinski definition) is 0. The summed E-state index contributed by atoms with van der Waals surface area (Å²) in [6.45, 7) is 2.22. The van der Waals surface area contributed by atoms with Gasteiger partial charge in [0.1, 0.15) is 11.6 Å². The van der Waals surface area contributed by atoms with Crippen molar-refractivity contribution in [2.75, 3.05) is 13.1 Å². The second-order valence-electron chi connectivity index (χ2n) is 7.75. The van der Waals surface area contributed by atoms with Gasteiger partial charge in [-0.2, -0.15) is 0 Å². The number of piperidine rings is 1. The molecule has 0 saturated carbocycles. The Bertz CT molecular complexity index is 968. The van der Waals surface area contributed by atoms with Gasteiger partial charge < -0.3 is 14.2 Å². The van der Waals surface area contributed by atoms with Crippen molar-refractivity contribution in [1.29, 1.82) is 0 Å². The molecule has 1 aromatic carbocycles. The lowest BCUT2D eigenvalue weighted by Crippen LogP contribution is -2.45. The summed E-state index contributed by atoms with van der Waals surface area (Å²) in [5, 5.41) is 0. The standard InChI is InChI=1S/C23H24N4O2/c28-23(21-15-18-5-1-2-7-20(18)29-21)26-12-8-17(9-13-26)22-25-11-14-27(22)16-19-6-3-4-10-24-19/h1-7,10-11,14,17,21H,8-9,12-13,15-16H2/t21-/m0/s1. The molecule has 6 nitrogen and oxygen atoms in total. The van der Waals surface area contributed by atoms with Crippen molar-refractivity contribution in [2.24, 2.45) is 0 Å². The second kappa shape index (κ2) is 7.70. The minimum absolute atomic E-state index is 0.108. The van der Waals surface area contributed by atoms with E-state index in [1.807, 2.05) is 66.0 Å². The van der Waals surface area contributed by atoms with E-state index in [1.54, 1.807) is 0 Å². The number of ether oxygens (including phenoxy) is 1. The molecule has 148 valence electrons. The molecule has 0 radical (unpaired) electrons. The van der Waals surface area contributed by atoms with Gasteiger partial charge in [0, 0.05) is 44.0 Å². The highest BCUT2D eigenvalue weighted by Gasteiger charge is 2.34. The van der Waals surface area contributed by atoms with Crippen LogP contribution in [0.25, 0.3) is 0 Å². The summed E-state index contributed by atoms with van der Waals surface area (Å²) >= 11 is 0. The van der Waals surface area contributed by atoms with Crippen molar-refractivity contribution in [3.05, 3.63) is 78.1 Å². The van der Waals surface area contributed by atoms with Gasteiger partial charge in [-0.15, -0.1) is 0 Å². The number of carbonyl (C=O) groups is 1. The van der Waals surface area contributed by atoms with Crippen molar-refractivity contribution in [2.45, 2.75) is 37.8 Å². The van der Waals surface area contributed by atoms with Crippen molar-refractivity contribution in [1.82, 2.24) is 19.4 Å². The van der Waals surface area contributed by atoms with Gasteiger partial charge in [0.2, 0.25) is 0 Å². The first-order valence-corrected chi connectivity index (χ1v) is 10.2. The monoisotopic (exact) mass is 388 g/mol. The fourth-order valence-electron chi connectivity index (χ4n) is 4.36. The van der Waals surface area contributed by atoms with E-state index >= 15 is 0 Å². The van der Waals surface area contributed by atoms with Crippen LogP contribution in [-0.4, -0.2) is 44.5 Å². The Morgan fingerprint density at radius 1 is 1.03 bits per heavy atom. The number of likely N-dealkylation sites (tertiary alicyclic amines) is 1. The third-order valence-corrected chi connectivity index (χ3v) is 5.90. The number of para-hydroxylation sites is 1. The van der Waals surface area contributed by atoms with E-state index in [-0.39, 0.29) is 12.0 Å². The maximum Gasteiger partial charge on any atom is 0.263 e. The Balaban J connectivity index is 1.21. The molecule has 29 heavy (non-hydrogen) atoms. The fraction of sp³-hybridized carbons (Fsp3) is 0.348. The van der Waals surface area contributed by atoms with E-state index in [4.69, 9.17) is 4.74 Å². The molecule has 4 heterocycles. The molecule has 3 aromatic rings. The van der Waals surface area contributed by atoms with E-state index in [2.05, 4.69) is 14.5 Å². The van der Waals surface area contributed by atoms with Crippen LogP contribution in [0.15, 0.2) is 61.1 Å². The molecule has 1 atom stereocenters. The van der Waals surface area contributed by atoms with Crippen LogP contribution in [0.4, 0.5) is 0 Å². The van der Waals surface area contributed by atoms with Crippen molar-refractivity contribution in [3.63, 3.8) is 0 Å². The van der Waals surface area contributed by atoms with Gasteiger partial charge in [-0.25, -0.2) is 4.98 Å². The molecule has 5 rings (SSSR count). The van der Waals surface area contributed by atoms with Crippen LogP contribution in [0, 0.1) is 0 Å². The molecule has 2 aliphatic heterocycles. The predicted molar refractivity (Wildman–Crippen MR) is 109 cm³/mol. The molecule has 0 unspecified atom stereocenters. The summed E-state index contributed by atoms with van der Waals surface area (Å²) in [6.07, 6.45) is 7.83. The Morgan fingerprint density at radius 2 is 1.86 bits per heavy atom. The highest BCUT2D eigenvalue weighted by Crippen LogP contribution is 2.31. The van der Waals surface area contributed by atoms with E-state index in [9.17, 15) is 4.79 Å². The first-order chi connectivity index (χ1) is 14.3. The quantitative estimate of drug-likeness (QED) is 0.689. The Kier molecular flexibility index (Phi) is 4.76. The second-order valence-corrected chi connectivity index (χ2v) is 7.75. The molecule has 0 bridgehead atoms. The average molecular weight is 388 g/mol. The minimum Gasteiger partial charge on any atom is -0.480 e. The summed E-state index contributed by atoms with van der Waals surface area (Å²) in [5.41, 5.74) is 2.15. The number of hydrogen-bond acceptors (Lipinski definition) is 4. The number of nitrogens with zero attached hydrogens (tertiary/aromatic N) is 4. The average Bonchev–Trinajstić information content (AvgIpc) is 3.41. The molecular weight excluding hydrogens is 364 g/mol. The molecule has 1 amide bonds. The summed E-state index contributed by atoms with van der Waals surface area (Å²) in [6, 6.07) is 13.9. The van der Waals surface area contributed by atoms with E-state index in [1.165, 1.54) is 0 Å². The smallest absolute Gasteiger partial charge is 0.263 e. The zero-order valence-electron chi connectivity index (χ0n) is 16.3. The van der Waals surface area contributed by atoms with Gasteiger partial charge in [-0.1, -0.05) is 24.3 Å². The maximum absolute atomic E-state index is 12.9. The number of carbonyl (C=O) groups excluding carboxylic acids is 1. The van der Waals surface area contributed by atoms with Crippen LogP contribution in [-0.2, 0) is 17.8 Å². The van der Waals surface area contributed by atoms with Crippen LogP contribution >= 0.6 is 0 Å². The molecule has 2 aliphatic rings. The first kappa shape index (κ1) is 17.9.